The summed E-state index contributed by atoms with van der Waals surface area (Å²) in [6, 6.07) is 6.07. The molecule has 2 rings (SSSR count). The summed E-state index contributed by atoms with van der Waals surface area (Å²) in [6.07, 6.45) is 4.76. The third kappa shape index (κ3) is 7.13. The van der Waals surface area contributed by atoms with Gasteiger partial charge in [0.2, 0.25) is 10.7 Å². The maximum absolute atomic E-state index is 8.92. The predicted octanol–water partition coefficient (Wildman–Crippen LogP) is 7.28. The van der Waals surface area contributed by atoms with Crippen molar-refractivity contribution in [2.24, 2.45) is 10.2 Å². The van der Waals surface area contributed by atoms with E-state index in [0.29, 0.717) is 34.5 Å². The minimum absolute atomic E-state index is 0.0334. The zero-order chi connectivity index (χ0) is 23.3. The van der Waals surface area contributed by atoms with Crippen molar-refractivity contribution in [1.29, 1.82) is 0 Å². The largest absolute Gasteiger partial charge is 0.394 e. The van der Waals surface area contributed by atoms with Crippen molar-refractivity contribution in [3.8, 4) is 0 Å². The number of ether oxygens (including phenoxy) is 1. The maximum atomic E-state index is 8.92. The van der Waals surface area contributed by atoms with Crippen LogP contribution < -0.4 is 4.90 Å². The average Bonchev–Trinajstić information content (AvgIpc) is 3.11. The third-order valence-electron chi connectivity index (χ3n) is 5.10. The summed E-state index contributed by atoms with van der Waals surface area (Å²) in [5.74, 6) is 0. The fraction of sp³-hybridized carbons (Fsp3) is 0.500. The Balaban J connectivity index is 2.17. The highest BCUT2D eigenvalue weighted by molar-refractivity contribution is 7.20. The molecule has 0 saturated carbocycles. The van der Waals surface area contributed by atoms with Gasteiger partial charge in [0.15, 0.2) is 0 Å². The van der Waals surface area contributed by atoms with Crippen LogP contribution in [0.25, 0.3) is 9.69 Å². The number of anilines is 1. The molecule has 0 aliphatic rings. The molecule has 7 nitrogen and oxygen atoms in total. The van der Waals surface area contributed by atoms with Gasteiger partial charge in [0.05, 0.1) is 38.7 Å². The molecule has 8 heteroatoms. The molecule has 0 saturated heterocycles. The van der Waals surface area contributed by atoms with Crippen molar-refractivity contribution >= 4 is 38.4 Å². The van der Waals surface area contributed by atoms with Crippen molar-refractivity contribution in [2.45, 2.75) is 46.5 Å². The number of thiophene rings is 1. The lowest BCUT2D eigenvalue weighted by atomic mass is 10.1. The molecule has 1 heterocycles. The van der Waals surface area contributed by atoms with E-state index in [4.69, 9.17) is 23.0 Å². The molecule has 0 radical (unpaired) electrons. The first-order valence-electron chi connectivity index (χ1n) is 10.9. The van der Waals surface area contributed by atoms with Gasteiger partial charge in [-0.15, -0.1) is 11.3 Å². The van der Waals surface area contributed by atoms with E-state index in [-0.39, 0.29) is 6.61 Å². The first-order chi connectivity index (χ1) is 15.5. The lowest BCUT2D eigenvalue weighted by Crippen LogP contribution is -2.29. The second-order valence-electron chi connectivity index (χ2n) is 7.46. The number of azo groups is 1. The quantitative estimate of drug-likeness (QED) is 0.197. The van der Waals surface area contributed by atoms with E-state index in [1.165, 1.54) is 30.6 Å². The van der Waals surface area contributed by atoms with Gasteiger partial charge in [-0.1, -0.05) is 33.1 Å². The maximum Gasteiger partial charge on any atom is 0.234 e. The molecule has 32 heavy (non-hydrogen) atoms. The second kappa shape index (κ2) is 13.6. The van der Waals surface area contributed by atoms with E-state index in [1.807, 2.05) is 19.1 Å². The highest BCUT2D eigenvalue weighted by atomic mass is 32.1. The zero-order valence-corrected chi connectivity index (χ0v) is 19.9. The molecule has 2 aromatic rings. The Morgan fingerprint density at radius 1 is 1.06 bits per heavy atom. The normalized spacial score (nSPS) is 10.9. The van der Waals surface area contributed by atoms with Gasteiger partial charge in [-0.2, -0.15) is 10.2 Å². The Morgan fingerprint density at radius 3 is 2.53 bits per heavy atom. The van der Waals surface area contributed by atoms with E-state index < -0.39 is 0 Å². The number of aryl methyl sites for hydroxylation is 1. The van der Waals surface area contributed by atoms with Crippen molar-refractivity contribution in [2.75, 3.05) is 37.8 Å². The number of unbranched alkanes of at least 4 members (excludes halogenated alkanes) is 3. The van der Waals surface area contributed by atoms with Crippen LogP contribution in [0, 0.1) is 27.0 Å². The van der Waals surface area contributed by atoms with Gasteiger partial charge in [-0.25, -0.2) is 9.69 Å². The number of rotatable bonds is 13. The third-order valence-corrected chi connectivity index (χ3v) is 6.16. The minimum Gasteiger partial charge on any atom is -0.394 e. The smallest absolute Gasteiger partial charge is 0.234 e. The summed E-state index contributed by atoms with van der Waals surface area (Å²) in [5, 5.41) is 18.5. The lowest BCUT2D eigenvalue weighted by Gasteiger charge is -2.25. The molecule has 1 aromatic carbocycles. The number of hydrogen-bond donors (Lipinski definition) is 1. The Kier molecular flexibility index (Phi) is 10.8. The molecule has 0 unspecified atom stereocenters. The van der Waals surface area contributed by atoms with Gasteiger partial charge in [-0.3, -0.25) is 0 Å². The average molecular weight is 454 g/mol. The summed E-state index contributed by atoms with van der Waals surface area (Å²) >= 11 is 1.20. The first-order valence-corrected chi connectivity index (χ1v) is 11.7. The van der Waals surface area contributed by atoms with Crippen LogP contribution in [0.2, 0.25) is 0 Å². The fourth-order valence-electron chi connectivity index (χ4n) is 3.27. The van der Waals surface area contributed by atoms with E-state index >= 15 is 0 Å². The van der Waals surface area contributed by atoms with Crippen LogP contribution in [0.1, 0.15) is 43.7 Å². The molecule has 0 fully saturated rings. The van der Waals surface area contributed by atoms with Crippen molar-refractivity contribution in [3.63, 3.8) is 0 Å². The molecule has 0 atom stereocenters. The Morgan fingerprint density at radius 2 is 1.88 bits per heavy atom. The van der Waals surface area contributed by atoms with Crippen molar-refractivity contribution in [1.82, 2.24) is 0 Å². The van der Waals surface area contributed by atoms with Crippen LogP contribution in [-0.2, 0) is 4.74 Å². The number of aliphatic hydroxyl groups is 1. The Hall–Kier alpha value is -2.78. The Bertz CT molecular complexity index is 975. The van der Waals surface area contributed by atoms with Crippen LogP contribution in [0.15, 0.2) is 28.4 Å². The van der Waals surface area contributed by atoms with Crippen LogP contribution >= 0.6 is 11.3 Å². The van der Waals surface area contributed by atoms with E-state index in [1.54, 1.807) is 6.92 Å². The van der Waals surface area contributed by atoms with Crippen molar-refractivity contribution < 1.29 is 9.84 Å². The molecule has 170 valence electrons. The van der Waals surface area contributed by atoms with Crippen LogP contribution in [0.5, 0.6) is 0 Å². The lowest BCUT2D eigenvalue weighted by molar-refractivity contribution is 0.0966. The zero-order valence-electron chi connectivity index (χ0n) is 19.1. The topological polar surface area (TPSA) is 66.1 Å². The van der Waals surface area contributed by atoms with Crippen LogP contribution in [0.4, 0.5) is 27.1 Å². The monoisotopic (exact) mass is 453 g/mol. The van der Waals surface area contributed by atoms with E-state index in [9.17, 15) is 0 Å². The molecule has 0 spiro atoms. The number of hydrogen-bond acceptors (Lipinski definition) is 6. The first kappa shape index (κ1) is 25.5. The van der Waals surface area contributed by atoms with Crippen LogP contribution in [-0.4, -0.2) is 38.0 Å². The summed E-state index contributed by atoms with van der Waals surface area (Å²) in [6.45, 7) is 23.3. The number of benzene rings is 1. The molecule has 1 aromatic heterocycles. The highest BCUT2D eigenvalue weighted by Gasteiger charge is 2.15. The molecular weight excluding hydrogens is 422 g/mol. The van der Waals surface area contributed by atoms with Gasteiger partial charge in [0.25, 0.3) is 0 Å². The summed E-state index contributed by atoms with van der Waals surface area (Å²) in [7, 11) is 0. The Labute approximate surface area is 195 Å². The van der Waals surface area contributed by atoms with Crippen molar-refractivity contribution in [3.05, 3.63) is 52.2 Å². The van der Waals surface area contributed by atoms with Gasteiger partial charge in [0.1, 0.15) is 5.00 Å². The van der Waals surface area contributed by atoms with Gasteiger partial charge < -0.3 is 14.7 Å². The fourth-order valence-corrected chi connectivity index (χ4v) is 4.13. The standard InChI is InChI=1S/C24H31N5O2S/c1-6-7-8-9-12-29(13-15-31-16-14-30)20-10-11-21(18(2)17-20)27-28-24-22(25-4)19(3)23(26-5)32-24/h10-11,17,30H,6-9,12-16H2,1-3H3. The molecule has 0 aliphatic carbocycles. The summed E-state index contributed by atoms with van der Waals surface area (Å²) in [5.41, 5.74) is 3.91. The number of nitrogens with zero attached hydrogens (tertiary/aromatic N) is 5. The van der Waals surface area contributed by atoms with Gasteiger partial charge in [-0.05, 0) is 42.7 Å². The van der Waals surface area contributed by atoms with Gasteiger partial charge >= 0.3 is 0 Å². The molecule has 1 N–H and O–H groups in total. The minimum atomic E-state index is 0.0334. The number of aliphatic hydroxyl groups excluding tert-OH is 1. The molecule has 0 bridgehead atoms. The van der Waals surface area contributed by atoms with Crippen LogP contribution in [0.3, 0.4) is 0 Å². The molecule has 0 amide bonds. The van der Waals surface area contributed by atoms with Gasteiger partial charge in [0, 0.05) is 18.8 Å². The molecular formula is C24H31N5O2S. The SMILES string of the molecule is [C-]#[N+]c1sc(N=Nc2ccc(N(CCCCCC)CCOCCO)cc2C)c([N+]#[C-])c1C. The highest BCUT2D eigenvalue weighted by Crippen LogP contribution is 2.47. The van der Waals surface area contributed by atoms with E-state index in [0.717, 1.165) is 36.4 Å². The predicted molar refractivity (Wildman–Crippen MR) is 131 cm³/mol. The summed E-state index contributed by atoms with van der Waals surface area (Å²) < 4.78 is 5.48. The molecule has 0 aliphatic heterocycles. The van der Waals surface area contributed by atoms with E-state index in [2.05, 4.69) is 37.8 Å². The summed E-state index contributed by atoms with van der Waals surface area (Å²) in [4.78, 5) is 9.30. The second-order valence-corrected chi connectivity index (χ2v) is 8.44.